The molecule has 0 spiro atoms. The molecule has 0 aliphatic carbocycles. The van der Waals surface area contributed by atoms with Crippen LogP contribution in [-0.2, 0) is 4.79 Å². The SMILES string of the molecule is COc1ccccc1/C=C/C(=O)NNC(=S)Nc1cccc(Cl)c1. The molecule has 2 rings (SSSR count). The number of halogens is 1. The number of ether oxygens (including phenoxy) is 1. The van der Waals surface area contributed by atoms with E-state index in [2.05, 4.69) is 16.2 Å². The third-order valence-corrected chi connectivity index (χ3v) is 3.37. The second-order valence-electron chi connectivity index (χ2n) is 4.65. The van der Waals surface area contributed by atoms with E-state index in [0.717, 1.165) is 11.3 Å². The van der Waals surface area contributed by atoms with Crippen LogP contribution in [0.2, 0.25) is 5.02 Å². The van der Waals surface area contributed by atoms with Crippen molar-refractivity contribution in [2.24, 2.45) is 0 Å². The highest BCUT2D eigenvalue weighted by Gasteiger charge is 2.01. The van der Waals surface area contributed by atoms with Gasteiger partial charge in [-0.3, -0.25) is 15.6 Å². The van der Waals surface area contributed by atoms with Gasteiger partial charge in [-0.2, -0.15) is 0 Å². The number of hydrogen-bond acceptors (Lipinski definition) is 3. The normalized spacial score (nSPS) is 10.2. The van der Waals surface area contributed by atoms with Gasteiger partial charge < -0.3 is 10.1 Å². The summed E-state index contributed by atoms with van der Waals surface area (Å²) in [6, 6.07) is 14.5. The highest BCUT2D eigenvalue weighted by atomic mass is 35.5. The van der Waals surface area contributed by atoms with Crippen molar-refractivity contribution in [3.8, 4) is 5.75 Å². The number of para-hydroxylation sites is 1. The predicted octanol–water partition coefficient (Wildman–Crippen LogP) is 3.38. The average molecular weight is 362 g/mol. The lowest BCUT2D eigenvalue weighted by atomic mass is 10.2. The highest BCUT2D eigenvalue weighted by molar-refractivity contribution is 7.80. The Bertz CT molecular complexity index is 765. The number of nitrogens with one attached hydrogen (secondary N) is 3. The van der Waals surface area contributed by atoms with Gasteiger partial charge in [0.15, 0.2) is 5.11 Å². The molecule has 7 heteroatoms. The van der Waals surface area contributed by atoms with E-state index < -0.39 is 0 Å². The van der Waals surface area contributed by atoms with Crippen LogP contribution in [-0.4, -0.2) is 18.1 Å². The van der Waals surface area contributed by atoms with Crippen LogP contribution in [0, 0.1) is 0 Å². The minimum atomic E-state index is -0.351. The lowest BCUT2D eigenvalue weighted by molar-refractivity contribution is -0.116. The fourth-order valence-electron chi connectivity index (χ4n) is 1.86. The van der Waals surface area contributed by atoms with Crippen molar-refractivity contribution in [2.45, 2.75) is 0 Å². The zero-order valence-electron chi connectivity index (χ0n) is 12.9. The fraction of sp³-hybridized carbons (Fsp3) is 0.0588. The molecule has 0 aliphatic heterocycles. The molecule has 5 nitrogen and oxygen atoms in total. The summed E-state index contributed by atoms with van der Waals surface area (Å²) in [7, 11) is 1.58. The summed E-state index contributed by atoms with van der Waals surface area (Å²) >= 11 is 11.0. The third-order valence-electron chi connectivity index (χ3n) is 2.93. The van der Waals surface area contributed by atoms with Crippen LogP contribution in [0.5, 0.6) is 5.75 Å². The first kappa shape index (κ1) is 17.8. The van der Waals surface area contributed by atoms with E-state index in [4.69, 9.17) is 28.6 Å². The maximum absolute atomic E-state index is 11.8. The summed E-state index contributed by atoms with van der Waals surface area (Å²) in [5, 5.41) is 3.74. The van der Waals surface area contributed by atoms with Crippen LogP contribution in [0.25, 0.3) is 6.08 Å². The largest absolute Gasteiger partial charge is 0.496 e. The summed E-state index contributed by atoms with van der Waals surface area (Å²) in [4.78, 5) is 11.8. The van der Waals surface area contributed by atoms with Crippen LogP contribution in [0.3, 0.4) is 0 Å². The van der Waals surface area contributed by atoms with Gasteiger partial charge in [-0.25, -0.2) is 0 Å². The van der Waals surface area contributed by atoms with Crippen molar-refractivity contribution in [1.29, 1.82) is 0 Å². The molecule has 0 aliphatic rings. The Labute approximate surface area is 150 Å². The Kier molecular flexibility index (Phi) is 6.60. The predicted molar refractivity (Wildman–Crippen MR) is 101 cm³/mol. The molecular formula is C17H16ClN3O2S. The lowest BCUT2D eigenvalue weighted by Crippen LogP contribution is -2.43. The Hall–Kier alpha value is -2.57. The molecule has 2 aromatic rings. The second-order valence-corrected chi connectivity index (χ2v) is 5.50. The van der Waals surface area contributed by atoms with Crippen molar-refractivity contribution in [3.05, 3.63) is 65.2 Å². The topological polar surface area (TPSA) is 62.4 Å². The quantitative estimate of drug-likeness (QED) is 0.442. The van der Waals surface area contributed by atoms with Crippen molar-refractivity contribution in [2.75, 3.05) is 12.4 Å². The molecule has 0 aromatic heterocycles. The molecular weight excluding hydrogens is 346 g/mol. The molecule has 0 saturated carbocycles. The van der Waals surface area contributed by atoms with Crippen LogP contribution in [0.4, 0.5) is 5.69 Å². The summed E-state index contributed by atoms with van der Waals surface area (Å²) in [6.45, 7) is 0. The zero-order valence-corrected chi connectivity index (χ0v) is 14.4. The molecule has 0 bridgehead atoms. The van der Waals surface area contributed by atoms with Gasteiger partial charge in [-0.1, -0.05) is 35.9 Å². The first-order valence-corrected chi connectivity index (χ1v) is 7.81. The van der Waals surface area contributed by atoms with E-state index in [1.807, 2.05) is 30.3 Å². The average Bonchev–Trinajstić information content (AvgIpc) is 2.58. The van der Waals surface area contributed by atoms with E-state index in [1.54, 1.807) is 31.4 Å². The number of carbonyl (C=O) groups is 1. The number of carbonyl (C=O) groups excluding carboxylic acids is 1. The van der Waals surface area contributed by atoms with Crippen molar-refractivity contribution in [3.63, 3.8) is 0 Å². The number of methoxy groups -OCH3 is 1. The van der Waals surface area contributed by atoms with Gasteiger partial charge in [0.2, 0.25) is 0 Å². The van der Waals surface area contributed by atoms with E-state index in [9.17, 15) is 4.79 Å². The van der Waals surface area contributed by atoms with Gasteiger partial charge in [0.05, 0.1) is 7.11 Å². The molecule has 0 unspecified atom stereocenters. The summed E-state index contributed by atoms with van der Waals surface area (Å²) < 4.78 is 5.21. The molecule has 3 N–H and O–H groups in total. The number of benzene rings is 2. The molecule has 0 heterocycles. The van der Waals surface area contributed by atoms with Crippen LogP contribution < -0.4 is 20.9 Å². The van der Waals surface area contributed by atoms with Crippen molar-refractivity contribution in [1.82, 2.24) is 10.9 Å². The molecule has 0 fully saturated rings. The van der Waals surface area contributed by atoms with E-state index >= 15 is 0 Å². The van der Waals surface area contributed by atoms with Gasteiger partial charge in [-0.05, 0) is 42.6 Å². The monoisotopic (exact) mass is 361 g/mol. The summed E-state index contributed by atoms with van der Waals surface area (Å²) in [6.07, 6.45) is 3.04. The zero-order chi connectivity index (χ0) is 17.4. The Balaban J connectivity index is 1.84. The maximum atomic E-state index is 11.8. The van der Waals surface area contributed by atoms with Crippen molar-refractivity contribution < 1.29 is 9.53 Å². The first-order chi connectivity index (χ1) is 11.6. The van der Waals surface area contributed by atoms with Gasteiger partial charge in [0, 0.05) is 22.3 Å². The van der Waals surface area contributed by atoms with E-state index in [1.165, 1.54) is 6.08 Å². The van der Waals surface area contributed by atoms with Crippen molar-refractivity contribution >= 4 is 46.6 Å². The van der Waals surface area contributed by atoms with Gasteiger partial charge in [0.1, 0.15) is 5.75 Å². The molecule has 2 aromatic carbocycles. The summed E-state index contributed by atoms with van der Waals surface area (Å²) in [5.41, 5.74) is 6.60. The third kappa shape index (κ3) is 5.57. The van der Waals surface area contributed by atoms with E-state index in [0.29, 0.717) is 10.8 Å². The minimum Gasteiger partial charge on any atom is -0.496 e. The second kappa shape index (κ2) is 8.90. The number of rotatable bonds is 4. The van der Waals surface area contributed by atoms with Crippen LogP contribution in [0.15, 0.2) is 54.6 Å². The number of thiocarbonyl (C=S) groups is 1. The van der Waals surface area contributed by atoms with Crippen LogP contribution >= 0.6 is 23.8 Å². The van der Waals surface area contributed by atoms with Gasteiger partial charge >= 0.3 is 0 Å². The standard InChI is InChI=1S/C17H16ClN3O2S/c1-23-15-8-3-2-5-12(15)9-10-16(22)20-21-17(24)19-14-7-4-6-13(18)11-14/h2-11H,1H3,(H,20,22)(H2,19,21,24)/b10-9+. The molecule has 0 radical (unpaired) electrons. The Morgan fingerprint density at radius 1 is 1.17 bits per heavy atom. The Morgan fingerprint density at radius 3 is 2.71 bits per heavy atom. The lowest BCUT2D eigenvalue weighted by Gasteiger charge is -2.10. The molecule has 124 valence electrons. The number of hydrogen-bond donors (Lipinski definition) is 3. The number of hydrazine groups is 1. The molecule has 1 amide bonds. The number of anilines is 1. The van der Waals surface area contributed by atoms with Gasteiger partial charge in [-0.15, -0.1) is 0 Å². The molecule has 24 heavy (non-hydrogen) atoms. The fourth-order valence-corrected chi connectivity index (χ4v) is 2.22. The highest BCUT2D eigenvalue weighted by Crippen LogP contribution is 2.18. The smallest absolute Gasteiger partial charge is 0.262 e. The van der Waals surface area contributed by atoms with Gasteiger partial charge in [0.25, 0.3) is 5.91 Å². The minimum absolute atomic E-state index is 0.247. The maximum Gasteiger partial charge on any atom is 0.262 e. The Morgan fingerprint density at radius 2 is 1.96 bits per heavy atom. The molecule has 0 saturated heterocycles. The molecule has 0 atom stereocenters. The first-order valence-electron chi connectivity index (χ1n) is 7.02. The van der Waals surface area contributed by atoms with E-state index in [-0.39, 0.29) is 11.0 Å². The number of amides is 1. The van der Waals surface area contributed by atoms with Crippen LogP contribution in [0.1, 0.15) is 5.56 Å². The summed E-state index contributed by atoms with van der Waals surface area (Å²) in [5.74, 6) is 0.337.